The third-order valence-corrected chi connectivity index (χ3v) is 5.10. The van der Waals surface area contributed by atoms with E-state index < -0.39 is 0 Å². The van der Waals surface area contributed by atoms with Gasteiger partial charge in [0.1, 0.15) is 0 Å². The molecule has 0 spiro atoms. The molecule has 0 aromatic heterocycles. The molecule has 3 nitrogen and oxygen atoms in total. The van der Waals surface area contributed by atoms with Crippen molar-refractivity contribution in [1.29, 1.82) is 0 Å². The molecular weight excluding hydrogens is 290 g/mol. The van der Waals surface area contributed by atoms with Gasteiger partial charge in [-0.2, -0.15) is 0 Å². The molecule has 2 N–H and O–H groups in total. The topological polar surface area (TPSA) is 36.4 Å². The first kappa shape index (κ1) is 15.4. The lowest BCUT2D eigenvalue weighted by Gasteiger charge is -2.26. The molecule has 1 aliphatic carbocycles. The normalized spacial score (nSPS) is 19.6. The highest BCUT2D eigenvalue weighted by Crippen LogP contribution is 2.44. The summed E-state index contributed by atoms with van der Waals surface area (Å²) in [6.45, 7) is 10.5. The van der Waals surface area contributed by atoms with Crippen LogP contribution in [0.4, 0.5) is 11.4 Å². The van der Waals surface area contributed by atoms with Crippen LogP contribution in [0.1, 0.15) is 26.3 Å². The van der Waals surface area contributed by atoms with Crippen molar-refractivity contribution in [2.45, 2.75) is 38.6 Å². The summed E-state index contributed by atoms with van der Waals surface area (Å²) < 4.78 is 0. The second-order valence-corrected chi connectivity index (χ2v) is 6.80. The van der Waals surface area contributed by atoms with E-state index in [0.29, 0.717) is 6.04 Å². The van der Waals surface area contributed by atoms with Crippen LogP contribution in [0.25, 0.3) is 0 Å². The number of thioether (sulfide) groups is 1. The fourth-order valence-electron chi connectivity index (χ4n) is 2.83. The van der Waals surface area contributed by atoms with E-state index in [1.807, 2.05) is 11.8 Å². The van der Waals surface area contributed by atoms with Crippen molar-refractivity contribution in [3.63, 3.8) is 0 Å². The Morgan fingerprint density at radius 3 is 2.73 bits per heavy atom. The van der Waals surface area contributed by atoms with Crippen LogP contribution in [0, 0.1) is 6.92 Å². The summed E-state index contributed by atoms with van der Waals surface area (Å²) in [5.74, 6) is 0. The number of benzene rings is 1. The average Bonchev–Trinajstić information content (AvgIpc) is 2.48. The van der Waals surface area contributed by atoms with Crippen molar-refractivity contribution >= 4 is 28.8 Å². The zero-order valence-electron chi connectivity index (χ0n) is 13.7. The van der Waals surface area contributed by atoms with Gasteiger partial charge in [-0.25, -0.2) is 4.99 Å². The van der Waals surface area contributed by atoms with Crippen molar-refractivity contribution in [2.24, 2.45) is 4.99 Å². The second-order valence-electron chi connectivity index (χ2n) is 5.72. The molecule has 0 amide bonds. The van der Waals surface area contributed by atoms with Gasteiger partial charge >= 0.3 is 0 Å². The number of hydrogen-bond donors (Lipinski definition) is 2. The molecule has 22 heavy (non-hydrogen) atoms. The standard InChI is InChI=1S/C18H23N3S/c1-5-19-13-9-17-15(7-11(13)3)21-16-8-12(4)14(20-6-2)10-18(16)22-17/h7-10,13,19-20H,5-6H2,1-4H3. The van der Waals surface area contributed by atoms with Crippen molar-refractivity contribution in [2.75, 3.05) is 18.4 Å². The number of aliphatic imine (C=N–C) groups is 1. The number of fused-ring (bicyclic) bond motifs is 2. The van der Waals surface area contributed by atoms with Gasteiger partial charge in [-0.05, 0) is 57.2 Å². The Hall–Kier alpha value is -1.52. The van der Waals surface area contributed by atoms with Crippen molar-refractivity contribution < 1.29 is 0 Å². The third-order valence-electron chi connectivity index (χ3n) is 3.98. The monoisotopic (exact) mass is 313 g/mol. The molecule has 1 unspecified atom stereocenters. The first-order valence-electron chi connectivity index (χ1n) is 7.91. The fraction of sp³-hybridized carbons (Fsp3) is 0.389. The van der Waals surface area contributed by atoms with E-state index in [1.54, 1.807) is 0 Å². The third kappa shape index (κ3) is 2.85. The van der Waals surface area contributed by atoms with E-state index in [2.05, 4.69) is 62.6 Å². The zero-order valence-corrected chi connectivity index (χ0v) is 14.5. The predicted octanol–water partition coefficient (Wildman–Crippen LogP) is 4.43. The smallest absolute Gasteiger partial charge is 0.0780 e. The summed E-state index contributed by atoms with van der Waals surface area (Å²) in [5.41, 5.74) is 5.97. The summed E-state index contributed by atoms with van der Waals surface area (Å²) in [4.78, 5) is 7.37. The van der Waals surface area contributed by atoms with Gasteiger partial charge in [-0.15, -0.1) is 0 Å². The maximum atomic E-state index is 4.87. The van der Waals surface area contributed by atoms with Gasteiger partial charge in [0.25, 0.3) is 0 Å². The summed E-state index contributed by atoms with van der Waals surface area (Å²) in [5, 5.41) is 6.94. The first-order valence-corrected chi connectivity index (χ1v) is 8.72. The van der Waals surface area contributed by atoms with E-state index in [1.165, 1.54) is 26.6 Å². The molecule has 0 saturated carbocycles. The number of likely N-dealkylation sites (N-methyl/N-ethyl adjacent to an activating group) is 1. The molecule has 0 bridgehead atoms. The average molecular weight is 313 g/mol. The Balaban J connectivity index is 1.99. The molecule has 1 aromatic rings. The maximum Gasteiger partial charge on any atom is 0.0780 e. The maximum absolute atomic E-state index is 4.87. The summed E-state index contributed by atoms with van der Waals surface area (Å²) in [7, 11) is 0. The van der Waals surface area contributed by atoms with E-state index in [4.69, 9.17) is 4.99 Å². The Bertz CT molecular complexity index is 686. The van der Waals surface area contributed by atoms with Gasteiger partial charge < -0.3 is 10.6 Å². The van der Waals surface area contributed by atoms with Gasteiger partial charge in [0.05, 0.1) is 11.4 Å². The van der Waals surface area contributed by atoms with Crippen LogP contribution in [0.3, 0.4) is 0 Å². The fourth-order valence-corrected chi connectivity index (χ4v) is 3.87. The van der Waals surface area contributed by atoms with E-state index in [9.17, 15) is 0 Å². The number of hydrogen-bond acceptors (Lipinski definition) is 4. The number of aryl methyl sites for hydroxylation is 1. The quantitative estimate of drug-likeness (QED) is 0.863. The molecular formula is C18H23N3S. The predicted molar refractivity (Wildman–Crippen MR) is 97.6 cm³/mol. The van der Waals surface area contributed by atoms with Gasteiger partial charge in [-0.3, -0.25) is 0 Å². The van der Waals surface area contributed by atoms with Crippen LogP contribution in [-0.4, -0.2) is 24.8 Å². The highest BCUT2D eigenvalue weighted by atomic mass is 32.2. The highest BCUT2D eigenvalue weighted by Gasteiger charge is 2.23. The Labute approximate surface area is 137 Å². The summed E-state index contributed by atoms with van der Waals surface area (Å²) in [6, 6.07) is 4.74. The van der Waals surface area contributed by atoms with E-state index in [-0.39, 0.29) is 0 Å². The van der Waals surface area contributed by atoms with Crippen LogP contribution in [0.2, 0.25) is 0 Å². The largest absolute Gasteiger partial charge is 0.385 e. The molecule has 2 aliphatic rings. The molecule has 0 saturated heterocycles. The highest BCUT2D eigenvalue weighted by molar-refractivity contribution is 8.04. The Kier molecular flexibility index (Phi) is 4.41. The minimum atomic E-state index is 0.326. The van der Waals surface area contributed by atoms with Crippen LogP contribution >= 0.6 is 11.8 Å². The van der Waals surface area contributed by atoms with Crippen LogP contribution in [0.15, 0.2) is 44.7 Å². The van der Waals surface area contributed by atoms with E-state index in [0.717, 1.165) is 24.5 Å². The minimum Gasteiger partial charge on any atom is -0.385 e. The van der Waals surface area contributed by atoms with Crippen molar-refractivity contribution in [1.82, 2.24) is 5.32 Å². The van der Waals surface area contributed by atoms with Crippen LogP contribution in [0.5, 0.6) is 0 Å². The molecule has 1 aliphatic heterocycles. The molecule has 1 aromatic carbocycles. The van der Waals surface area contributed by atoms with Gasteiger partial charge in [0.2, 0.25) is 0 Å². The number of anilines is 1. The lowest BCUT2D eigenvalue weighted by atomic mass is 10.0. The lowest BCUT2D eigenvalue weighted by Crippen LogP contribution is -2.31. The van der Waals surface area contributed by atoms with Crippen LogP contribution < -0.4 is 10.6 Å². The molecule has 116 valence electrons. The number of rotatable bonds is 4. The Morgan fingerprint density at radius 2 is 2.00 bits per heavy atom. The molecule has 1 heterocycles. The number of allylic oxidation sites excluding steroid dienone is 2. The van der Waals surface area contributed by atoms with E-state index >= 15 is 0 Å². The number of nitrogens with zero attached hydrogens (tertiary/aromatic N) is 1. The molecule has 3 rings (SSSR count). The van der Waals surface area contributed by atoms with Crippen molar-refractivity contribution in [3.8, 4) is 0 Å². The van der Waals surface area contributed by atoms with Crippen molar-refractivity contribution in [3.05, 3.63) is 40.3 Å². The zero-order chi connectivity index (χ0) is 15.7. The molecule has 0 radical (unpaired) electrons. The summed E-state index contributed by atoms with van der Waals surface area (Å²) >= 11 is 1.83. The SMILES string of the molecule is CCNc1cc2c(cc1C)N=C1C=C(C)C(NCC)C=C1S2. The minimum absolute atomic E-state index is 0.326. The number of nitrogens with one attached hydrogen (secondary N) is 2. The van der Waals surface area contributed by atoms with Crippen LogP contribution in [-0.2, 0) is 0 Å². The molecule has 0 fully saturated rings. The Morgan fingerprint density at radius 1 is 1.18 bits per heavy atom. The van der Waals surface area contributed by atoms with Gasteiger partial charge in [0.15, 0.2) is 0 Å². The lowest BCUT2D eigenvalue weighted by molar-refractivity contribution is 0.678. The van der Waals surface area contributed by atoms with Gasteiger partial charge in [-0.1, -0.05) is 24.3 Å². The van der Waals surface area contributed by atoms with Gasteiger partial charge in [0, 0.05) is 28.1 Å². The molecule has 4 heteroatoms. The second kappa shape index (κ2) is 6.31. The first-order chi connectivity index (χ1) is 10.6. The molecule has 1 atom stereocenters. The summed E-state index contributed by atoms with van der Waals surface area (Å²) in [6.07, 6.45) is 4.52.